The first kappa shape index (κ1) is 62.2. The van der Waals surface area contributed by atoms with E-state index in [4.69, 9.17) is 38.1 Å². The SMILES string of the molecule is COCCOc1cnc([C@H]2C[C@@H]3CC[C@@H](C)[C@@](O)(O3)C(=O)C(=O)N3CCCC[C@H]3C(=O)O[C@H]([C@H](C)C[C@@H]3CC[C@@H](O)[C@H](OC)C3)CC(=O)[C@H](C)/C=C(\C)[C@@H](O)[C@@H](OC)C(=O)[C@H](C)C[C@H](C)/C=C/C=C/C=C/2C)c(OC)c1. The summed E-state index contributed by atoms with van der Waals surface area (Å²) in [6.45, 7) is 13.4. The summed E-state index contributed by atoms with van der Waals surface area (Å²) in [6.07, 6.45) is 12.6. The van der Waals surface area contributed by atoms with Gasteiger partial charge >= 0.3 is 5.97 Å². The highest BCUT2D eigenvalue weighted by molar-refractivity contribution is 6.39. The molecule has 4 heterocycles. The third-order valence-corrected chi connectivity index (χ3v) is 16.2. The van der Waals surface area contributed by atoms with E-state index in [-0.39, 0.29) is 61.2 Å². The van der Waals surface area contributed by atoms with Gasteiger partial charge in [-0.05, 0) is 108 Å². The Morgan fingerprint density at radius 3 is 2.32 bits per heavy atom. The number of cyclic esters (lactones) is 1. The Labute approximate surface area is 450 Å². The minimum atomic E-state index is -2.52. The zero-order chi connectivity index (χ0) is 55.9. The summed E-state index contributed by atoms with van der Waals surface area (Å²) in [5, 5.41) is 34.5. The van der Waals surface area contributed by atoms with Gasteiger partial charge in [0.2, 0.25) is 5.79 Å². The minimum Gasteiger partial charge on any atom is -0.495 e. The number of fused-ring (bicyclic) bond motifs is 3. The quantitative estimate of drug-likeness (QED) is 0.0850. The molecule has 0 unspecified atom stereocenters. The molecule has 1 aliphatic carbocycles. The van der Waals surface area contributed by atoms with E-state index in [1.54, 1.807) is 53.3 Å². The lowest BCUT2D eigenvalue weighted by atomic mass is 9.78. The molecule has 17 nitrogen and oxygen atoms in total. The molecule has 4 aliphatic rings. The van der Waals surface area contributed by atoms with Gasteiger partial charge in [-0.1, -0.05) is 76.6 Å². The van der Waals surface area contributed by atoms with Crippen LogP contribution in [0.5, 0.6) is 11.5 Å². The van der Waals surface area contributed by atoms with Crippen LogP contribution < -0.4 is 9.47 Å². The second-order valence-electron chi connectivity index (χ2n) is 22.0. The molecule has 5 rings (SSSR count). The maximum Gasteiger partial charge on any atom is 0.329 e. The van der Waals surface area contributed by atoms with Gasteiger partial charge in [0.1, 0.15) is 48.2 Å². The molecule has 3 N–H and O–H groups in total. The smallest absolute Gasteiger partial charge is 0.329 e. The molecule has 1 aromatic rings. The highest BCUT2D eigenvalue weighted by Crippen LogP contribution is 2.42. The van der Waals surface area contributed by atoms with Crippen molar-refractivity contribution >= 4 is 29.2 Å². The number of esters is 1. The molecule has 15 atom stereocenters. The number of aliphatic hydroxyl groups excluding tert-OH is 2. The van der Waals surface area contributed by atoms with Crippen molar-refractivity contribution in [3.05, 3.63) is 65.6 Å². The van der Waals surface area contributed by atoms with E-state index in [9.17, 15) is 39.3 Å². The van der Waals surface area contributed by atoms with Crippen LogP contribution in [-0.2, 0) is 47.7 Å². The molecule has 424 valence electrons. The number of methoxy groups -OCH3 is 4. The van der Waals surface area contributed by atoms with Crippen molar-refractivity contribution in [3.63, 3.8) is 0 Å². The minimum absolute atomic E-state index is 0.0324. The van der Waals surface area contributed by atoms with Crippen LogP contribution in [0.1, 0.15) is 137 Å². The maximum absolute atomic E-state index is 14.6. The number of nitrogens with zero attached hydrogens (tertiary/aromatic N) is 2. The van der Waals surface area contributed by atoms with Gasteiger partial charge in [0.25, 0.3) is 11.7 Å². The van der Waals surface area contributed by atoms with Gasteiger partial charge < -0.3 is 53.4 Å². The summed E-state index contributed by atoms with van der Waals surface area (Å²) in [5.41, 5.74) is 1.80. The maximum atomic E-state index is 14.6. The van der Waals surface area contributed by atoms with Crippen LogP contribution in [0, 0.1) is 35.5 Å². The van der Waals surface area contributed by atoms with E-state index in [0.717, 1.165) is 5.57 Å². The largest absolute Gasteiger partial charge is 0.495 e. The number of allylic oxidation sites excluding steroid dienone is 7. The molecule has 0 radical (unpaired) electrons. The number of carbonyl (C=O) groups excluding carboxylic acids is 5. The third kappa shape index (κ3) is 16.2. The van der Waals surface area contributed by atoms with Crippen LogP contribution in [0.2, 0.25) is 0 Å². The average molecular weight is 1070 g/mol. The van der Waals surface area contributed by atoms with Gasteiger partial charge in [0.15, 0.2) is 5.78 Å². The Morgan fingerprint density at radius 1 is 0.868 bits per heavy atom. The van der Waals surface area contributed by atoms with Gasteiger partial charge in [0, 0.05) is 64.0 Å². The third-order valence-electron chi connectivity index (χ3n) is 16.2. The van der Waals surface area contributed by atoms with E-state index < -0.39 is 83.7 Å². The van der Waals surface area contributed by atoms with Crippen LogP contribution in [0.15, 0.2) is 59.9 Å². The number of hydrogen-bond donors (Lipinski definition) is 3. The Hall–Kier alpha value is -4.62. The summed E-state index contributed by atoms with van der Waals surface area (Å²) in [6, 6.07) is 0.560. The second kappa shape index (κ2) is 29.4. The molecular weight excluding hydrogens is 977 g/mol. The van der Waals surface area contributed by atoms with Crippen LogP contribution in [-0.4, -0.2) is 151 Å². The summed E-state index contributed by atoms with van der Waals surface area (Å²) in [7, 11) is 6.06. The van der Waals surface area contributed by atoms with Crippen molar-refractivity contribution in [2.45, 2.75) is 180 Å². The Kier molecular flexibility index (Phi) is 24.1. The molecule has 1 saturated carbocycles. The number of aromatic nitrogens is 1. The predicted octanol–water partition coefficient (Wildman–Crippen LogP) is 7.38. The van der Waals surface area contributed by atoms with Crippen LogP contribution in [0.4, 0.5) is 0 Å². The van der Waals surface area contributed by atoms with Crippen molar-refractivity contribution in [1.82, 2.24) is 9.88 Å². The Balaban J connectivity index is 1.54. The number of pyridine rings is 1. The molecular formula is C59H88N2O15. The van der Waals surface area contributed by atoms with Gasteiger partial charge in [-0.2, -0.15) is 0 Å². The van der Waals surface area contributed by atoms with Gasteiger partial charge in [-0.3, -0.25) is 24.2 Å². The Morgan fingerprint density at radius 2 is 1.62 bits per heavy atom. The van der Waals surface area contributed by atoms with Crippen LogP contribution >= 0.6 is 0 Å². The molecule has 1 amide bonds. The Bertz CT molecular complexity index is 2240. The molecule has 1 aromatic heterocycles. The van der Waals surface area contributed by atoms with Crippen molar-refractivity contribution in [3.8, 4) is 11.5 Å². The molecule has 76 heavy (non-hydrogen) atoms. The normalized spacial score (nSPS) is 36.2. The first-order chi connectivity index (χ1) is 36.2. The standard InChI is InChI=1S/C59H88N2O15/c1-35-17-13-12-14-18-36(2)45(52-51(72-10)32-44(34-60-52)74-26-25-70-8)31-43-22-20-41(7)59(69,76-43)56(66)57(67)61-24-16-15-19-46(61)58(68)75-49(38(4)29-42-21-23-47(62)50(30-42)71-9)33-48(63)37(3)28-40(6)54(65)55(73-11)53(64)39(5)27-35/h12-14,17-18,28,32,34-35,37-39,41-43,45-47,49-50,54-55,62,65,69H,15-16,19-27,29-31,33H2,1-11H3/b14-12+,17-13+,36-18+,40-28+/t35-,37-,38-,39-,41-,42+,43+,45+,46+,47-,49+,50-,54-,55+,59-/m1/s1. The fourth-order valence-electron chi connectivity index (χ4n) is 11.4. The molecule has 17 heteroatoms. The average Bonchev–Trinajstić information content (AvgIpc) is 3.40. The van der Waals surface area contributed by atoms with Crippen LogP contribution in [0.25, 0.3) is 0 Å². The first-order valence-corrected chi connectivity index (χ1v) is 27.5. The van der Waals surface area contributed by atoms with Gasteiger partial charge in [0.05, 0.1) is 43.9 Å². The zero-order valence-corrected chi connectivity index (χ0v) is 46.9. The van der Waals surface area contributed by atoms with Crippen LogP contribution in [0.3, 0.4) is 0 Å². The van der Waals surface area contributed by atoms with Gasteiger partial charge in [-0.25, -0.2) is 4.79 Å². The lowest BCUT2D eigenvalue weighted by Crippen LogP contribution is -2.60. The summed E-state index contributed by atoms with van der Waals surface area (Å²) in [5.74, 6) is -7.95. The number of carbonyl (C=O) groups is 5. The fraction of sp³-hybridized carbons (Fsp3) is 0.695. The summed E-state index contributed by atoms with van der Waals surface area (Å²) < 4.78 is 40.8. The number of Topliss-reactive ketones (excluding diaryl/α,β-unsaturated/α-hetero) is 3. The van der Waals surface area contributed by atoms with Crippen molar-refractivity contribution in [1.29, 1.82) is 0 Å². The van der Waals surface area contributed by atoms with Gasteiger partial charge in [-0.15, -0.1) is 0 Å². The van der Waals surface area contributed by atoms with E-state index >= 15 is 0 Å². The number of rotatable bonds is 11. The topological polar surface area (TPSA) is 227 Å². The predicted molar refractivity (Wildman–Crippen MR) is 285 cm³/mol. The number of amides is 1. The number of aliphatic hydroxyl groups is 3. The molecule has 3 aliphatic heterocycles. The fourth-order valence-corrected chi connectivity index (χ4v) is 11.4. The first-order valence-electron chi connectivity index (χ1n) is 27.5. The number of hydrogen-bond acceptors (Lipinski definition) is 16. The number of ether oxygens (including phenoxy) is 7. The molecule has 0 aromatic carbocycles. The summed E-state index contributed by atoms with van der Waals surface area (Å²) in [4.78, 5) is 77.9. The molecule has 0 spiro atoms. The molecule has 2 saturated heterocycles. The lowest BCUT2D eigenvalue weighted by molar-refractivity contribution is -0.264. The monoisotopic (exact) mass is 1060 g/mol. The van der Waals surface area contributed by atoms with E-state index in [2.05, 4.69) is 0 Å². The second-order valence-corrected chi connectivity index (χ2v) is 22.0. The molecule has 2 bridgehead atoms. The highest BCUT2D eigenvalue weighted by atomic mass is 16.6. The zero-order valence-electron chi connectivity index (χ0n) is 46.9. The van der Waals surface area contributed by atoms with E-state index in [1.165, 1.54) is 19.1 Å². The van der Waals surface area contributed by atoms with Crippen molar-refractivity contribution in [2.75, 3.05) is 48.2 Å². The highest BCUT2D eigenvalue weighted by Gasteiger charge is 2.53. The summed E-state index contributed by atoms with van der Waals surface area (Å²) >= 11 is 0. The number of ketones is 3. The van der Waals surface area contributed by atoms with E-state index in [0.29, 0.717) is 93.8 Å². The lowest BCUT2D eigenvalue weighted by Gasteiger charge is -2.43. The number of piperidine rings is 1. The molecule has 3 fully saturated rings. The van der Waals surface area contributed by atoms with Crippen molar-refractivity contribution in [2.24, 2.45) is 35.5 Å². The van der Waals surface area contributed by atoms with E-state index in [1.807, 2.05) is 58.1 Å². The van der Waals surface area contributed by atoms with Crippen molar-refractivity contribution < 1.29 is 72.5 Å².